The number of hydrogen-bond donors (Lipinski definition) is 2. The maximum atomic E-state index is 12.4. The van der Waals surface area contributed by atoms with Crippen LogP contribution >= 0.6 is 0 Å². The van der Waals surface area contributed by atoms with Gasteiger partial charge in [0.25, 0.3) is 0 Å². The average Bonchev–Trinajstić information content (AvgIpc) is 2.32. The van der Waals surface area contributed by atoms with E-state index in [2.05, 4.69) is 0 Å². The van der Waals surface area contributed by atoms with E-state index in [-0.39, 0.29) is 23.7 Å². The molecule has 5 heteroatoms. The number of aliphatic hydroxyl groups excluding tert-OH is 1. The molecular formula is C15H28N2O3. The average molecular weight is 284 g/mol. The summed E-state index contributed by atoms with van der Waals surface area (Å²) in [6.45, 7) is 6.91. The van der Waals surface area contributed by atoms with Crippen LogP contribution in [0.5, 0.6) is 0 Å². The fourth-order valence-electron chi connectivity index (χ4n) is 3.56. The number of nitrogens with two attached hydrogens (primary N) is 1. The second-order valence-electron chi connectivity index (χ2n) is 7.31. The maximum Gasteiger partial charge on any atom is 0.410 e. The monoisotopic (exact) mass is 284 g/mol. The molecule has 116 valence electrons. The van der Waals surface area contributed by atoms with Crippen molar-refractivity contribution in [2.45, 2.75) is 70.6 Å². The lowest BCUT2D eigenvalue weighted by Crippen LogP contribution is -2.62. The molecule has 0 bridgehead atoms. The van der Waals surface area contributed by atoms with Crippen LogP contribution in [0.25, 0.3) is 0 Å². The van der Waals surface area contributed by atoms with E-state index in [0.29, 0.717) is 19.4 Å². The van der Waals surface area contributed by atoms with Crippen molar-refractivity contribution in [1.82, 2.24) is 4.90 Å². The molecule has 2 fully saturated rings. The number of piperidine rings is 1. The van der Waals surface area contributed by atoms with E-state index >= 15 is 0 Å². The van der Waals surface area contributed by atoms with E-state index in [9.17, 15) is 9.90 Å². The highest BCUT2D eigenvalue weighted by Gasteiger charge is 2.52. The van der Waals surface area contributed by atoms with Crippen LogP contribution in [0.1, 0.15) is 52.9 Å². The molecule has 1 aliphatic carbocycles. The van der Waals surface area contributed by atoms with Crippen molar-refractivity contribution >= 4 is 6.09 Å². The zero-order valence-corrected chi connectivity index (χ0v) is 12.9. The second kappa shape index (κ2) is 5.53. The minimum atomic E-state index is -0.478. The van der Waals surface area contributed by atoms with Crippen LogP contribution in [0, 0.1) is 5.41 Å². The van der Waals surface area contributed by atoms with Gasteiger partial charge in [-0.15, -0.1) is 0 Å². The molecule has 2 rings (SSSR count). The summed E-state index contributed by atoms with van der Waals surface area (Å²) < 4.78 is 5.53. The molecule has 1 unspecified atom stereocenters. The maximum absolute atomic E-state index is 12.4. The van der Waals surface area contributed by atoms with Crippen molar-refractivity contribution in [3.05, 3.63) is 0 Å². The Kier molecular flexibility index (Phi) is 4.30. The van der Waals surface area contributed by atoms with Crippen LogP contribution in [-0.2, 0) is 4.74 Å². The van der Waals surface area contributed by atoms with Gasteiger partial charge >= 0.3 is 6.09 Å². The smallest absolute Gasteiger partial charge is 0.410 e. The highest BCUT2D eigenvalue weighted by Crippen LogP contribution is 2.48. The standard InChI is InChI=1S/C15H28N2O3/c1-14(2,3)20-13(19)17-7-5-4-6-12(17)15(10-16)8-11(18)9-15/h11-12,18H,4-10,16H2,1-3H3. The molecular weight excluding hydrogens is 256 g/mol. The quantitative estimate of drug-likeness (QED) is 0.811. The predicted molar refractivity (Wildman–Crippen MR) is 77.3 cm³/mol. The molecule has 0 aromatic rings. The lowest BCUT2D eigenvalue weighted by molar-refractivity contribution is -0.0926. The first-order valence-electron chi connectivity index (χ1n) is 7.65. The summed E-state index contributed by atoms with van der Waals surface area (Å²) in [5.74, 6) is 0. The molecule has 20 heavy (non-hydrogen) atoms. The zero-order chi connectivity index (χ0) is 15.0. The van der Waals surface area contributed by atoms with Crippen molar-refractivity contribution < 1.29 is 14.6 Å². The Hall–Kier alpha value is -0.810. The molecule has 0 radical (unpaired) electrons. The lowest BCUT2D eigenvalue weighted by atomic mass is 9.60. The summed E-state index contributed by atoms with van der Waals surface area (Å²) in [4.78, 5) is 14.3. The third kappa shape index (κ3) is 3.09. The first kappa shape index (κ1) is 15.6. The number of nitrogens with zero attached hydrogens (tertiary/aromatic N) is 1. The van der Waals surface area contributed by atoms with E-state index in [1.807, 2.05) is 25.7 Å². The molecule has 1 saturated carbocycles. The van der Waals surface area contributed by atoms with E-state index in [1.165, 1.54) is 0 Å². The van der Waals surface area contributed by atoms with Gasteiger partial charge in [0, 0.05) is 24.5 Å². The Morgan fingerprint density at radius 3 is 2.55 bits per heavy atom. The molecule has 1 atom stereocenters. The molecule has 1 heterocycles. The first-order chi connectivity index (χ1) is 9.27. The Bertz CT molecular complexity index is 359. The van der Waals surface area contributed by atoms with Crippen LogP contribution in [0.4, 0.5) is 4.79 Å². The number of likely N-dealkylation sites (tertiary alicyclic amines) is 1. The van der Waals surface area contributed by atoms with Gasteiger partial charge in [0.15, 0.2) is 0 Å². The van der Waals surface area contributed by atoms with Crippen molar-refractivity contribution in [1.29, 1.82) is 0 Å². The van der Waals surface area contributed by atoms with E-state index in [0.717, 1.165) is 25.8 Å². The van der Waals surface area contributed by atoms with Crippen LogP contribution < -0.4 is 5.73 Å². The van der Waals surface area contributed by atoms with Gasteiger partial charge in [0.1, 0.15) is 5.60 Å². The molecule has 1 aliphatic heterocycles. The molecule has 3 N–H and O–H groups in total. The molecule has 1 saturated heterocycles. The lowest BCUT2D eigenvalue weighted by Gasteiger charge is -2.54. The summed E-state index contributed by atoms with van der Waals surface area (Å²) in [7, 11) is 0. The zero-order valence-electron chi connectivity index (χ0n) is 12.9. The van der Waals surface area contributed by atoms with E-state index < -0.39 is 5.60 Å². The minimum Gasteiger partial charge on any atom is -0.444 e. The summed E-state index contributed by atoms with van der Waals surface area (Å²) in [6.07, 6.45) is 3.99. The summed E-state index contributed by atoms with van der Waals surface area (Å²) >= 11 is 0. The Morgan fingerprint density at radius 2 is 2.05 bits per heavy atom. The van der Waals surface area contributed by atoms with Gasteiger partial charge in [-0.1, -0.05) is 0 Å². The van der Waals surface area contributed by atoms with E-state index in [1.54, 1.807) is 0 Å². The second-order valence-corrected chi connectivity index (χ2v) is 7.31. The van der Waals surface area contributed by atoms with Crippen LogP contribution in [0.3, 0.4) is 0 Å². The number of rotatable bonds is 2. The number of hydrogen-bond acceptors (Lipinski definition) is 4. The van der Waals surface area contributed by atoms with Crippen molar-refractivity contribution in [3.63, 3.8) is 0 Å². The fraction of sp³-hybridized carbons (Fsp3) is 0.933. The molecule has 1 amide bonds. The van der Waals surface area contributed by atoms with Crippen LogP contribution in [0.15, 0.2) is 0 Å². The van der Waals surface area contributed by atoms with Crippen molar-refractivity contribution in [2.75, 3.05) is 13.1 Å². The number of carbonyl (C=O) groups excluding carboxylic acids is 1. The molecule has 5 nitrogen and oxygen atoms in total. The fourth-order valence-corrected chi connectivity index (χ4v) is 3.56. The van der Waals surface area contributed by atoms with Gasteiger partial charge in [-0.2, -0.15) is 0 Å². The topological polar surface area (TPSA) is 75.8 Å². The van der Waals surface area contributed by atoms with E-state index in [4.69, 9.17) is 10.5 Å². The van der Waals surface area contributed by atoms with Gasteiger partial charge in [0.2, 0.25) is 0 Å². The Balaban J connectivity index is 2.11. The summed E-state index contributed by atoms with van der Waals surface area (Å²) in [6, 6.07) is 0.111. The first-order valence-corrected chi connectivity index (χ1v) is 7.65. The SMILES string of the molecule is CC(C)(C)OC(=O)N1CCCCC1C1(CN)CC(O)C1. The largest absolute Gasteiger partial charge is 0.444 e. The molecule has 0 aromatic heterocycles. The number of carbonyl (C=O) groups is 1. The van der Waals surface area contributed by atoms with Gasteiger partial charge in [-0.25, -0.2) is 4.79 Å². The van der Waals surface area contributed by atoms with Crippen LogP contribution in [-0.4, -0.2) is 46.9 Å². The summed E-state index contributed by atoms with van der Waals surface area (Å²) in [5, 5.41) is 9.67. The normalized spacial score (nSPS) is 34.5. The Labute approximate surface area is 121 Å². The van der Waals surface area contributed by atoms with Gasteiger partial charge in [-0.3, -0.25) is 0 Å². The van der Waals surface area contributed by atoms with Crippen LogP contribution in [0.2, 0.25) is 0 Å². The molecule has 0 aromatic carbocycles. The van der Waals surface area contributed by atoms with Crippen molar-refractivity contribution in [2.24, 2.45) is 11.1 Å². The Morgan fingerprint density at radius 1 is 1.40 bits per heavy atom. The highest BCUT2D eigenvalue weighted by molar-refractivity contribution is 5.69. The third-order valence-corrected chi connectivity index (χ3v) is 4.53. The van der Waals surface area contributed by atoms with Crippen molar-refractivity contribution in [3.8, 4) is 0 Å². The van der Waals surface area contributed by atoms with Gasteiger partial charge in [-0.05, 0) is 52.9 Å². The minimum absolute atomic E-state index is 0.111. The molecule has 0 spiro atoms. The number of ether oxygens (including phenoxy) is 1. The summed E-state index contributed by atoms with van der Waals surface area (Å²) in [5.41, 5.74) is 5.37. The molecule has 2 aliphatic rings. The number of amides is 1. The number of aliphatic hydroxyl groups is 1. The predicted octanol–water partition coefficient (Wildman–Crippen LogP) is 1.88. The van der Waals surface area contributed by atoms with Gasteiger partial charge < -0.3 is 20.5 Å². The van der Waals surface area contributed by atoms with Gasteiger partial charge in [0.05, 0.1) is 6.10 Å². The third-order valence-electron chi connectivity index (χ3n) is 4.53. The highest BCUT2D eigenvalue weighted by atomic mass is 16.6.